The zero-order chi connectivity index (χ0) is 20.3. The molecule has 0 amide bonds. The molecule has 0 unspecified atom stereocenters. The zero-order valence-corrected chi connectivity index (χ0v) is 18.4. The largest absolute Gasteiger partial charge is 0.397 e. The van der Waals surface area contributed by atoms with Crippen molar-refractivity contribution >= 4 is 12.8 Å². The fraction of sp³-hybridized carbons (Fsp3) is 0.571. The molecule has 2 aromatic heterocycles. The monoisotopic (exact) mass is 381 g/mol. The minimum Gasteiger partial charge on any atom is -0.397 e. The van der Waals surface area contributed by atoms with Crippen LogP contribution in [0.15, 0.2) is 23.9 Å². The van der Waals surface area contributed by atoms with Gasteiger partial charge in [0, 0.05) is 18.2 Å². The van der Waals surface area contributed by atoms with Crippen molar-refractivity contribution in [3.05, 3.63) is 46.7 Å². The summed E-state index contributed by atoms with van der Waals surface area (Å²) in [6, 6.07) is 4.48. The predicted octanol–water partition coefficient (Wildman–Crippen LogP) is 3.15. The first-order valence-corrected chi connectivity index (χ1v) is 11.0. The minimum absolute atomic E-state index is 0.937. The smallest absolute Gasteiger partial charge is 0.375 e. The summed E-state index contributed by atoms with van der Waals surface area (Å²) >= 11 is 0. The number of hydrogen-bond donors (Lipinski definition) is 0. The predicted molar refractivity (Wildman–Crippen MR) is 118 cm³/mol. The zero-order valence-electron chi connectivity index (χ0n) is 18.4. The quantitative estimate of drug-likeness (QED) is 0.627. The SMILES string of the molecule is CCC1=CC(CC)=[N+]N1[BH-](n1nc(CC)cc1CC)n1nc(CC)cc1CC. The Labute approximate surface area is 169 Å². The van der Waals surface area contributed by atoms with Crippen molar-refractivity contribution < 1.29 is 0 Å². The van der Waals surface area contributed by atoms with Crippen LogP contribution < -0.4 is 5.10 Å². The molecule has 28 heavy (non-hydrogen) atoms. The molecule has 1 aliphatic heterocycles. The number of aryl methyl sites for hydroxylation is 4. The molecule has 3 heterocycles. The van der Waals surface area contributed by atoms with Crippen molar-refractivity contribution in [1.82, 2.24) is 29.4 Å². The van der Waals surface area contributed by atoms with Crippen molar-refractivity contribution in [1.29, 1.82) is 0 Å². The maximum atomic E-state index is 5.01. The minimum atomic E-state index is -1.31. The Kier molecular flexibility index (Phi) is 6.42. The molecule has 0 N–H and O–H groups in total. The van der Waals surface area contributed by atoms with Gasteiger partial charge < -0.3 is 9.19 Å². The molecular weight excluding hydrogens is 347 g/mol. The fourth-order valence-corrected chi connectivity index (χ4v) is 4.03. The van der Waals surface area contributed by atoms with Gasteiger partial charge in [-0.15, -0.1) is 0 Å². The van der Waals surface area contributed by atoms with Crippen LogP contribution in [0.3, 0.4) is 0 Å². The van der Waals surface area contributed by atoms with Gasteiger partial charge in [0.25, 0.3) is 5.71 Å². The van der Waals surface area contributed by atoms with Gasteiger partial charge in [0.15, 0.2) is 0 Å². The molecule has 6 nitrogen and oxygen atoms in total. The van der Waals surface area contributed by atoms with E-state index < -0.39 is 7.12 Å². The van der Waals surface area contributed by atoms with Gasteiger partial charge >= 0.3 is 7.12 Å². The highest BCUT2D eigenvalue weighted by molar-refractivity contribution is 6.52. The van der Waals surface area contributed by atoms with Crippen LogP contribution in [-0.2, 0) is 25.7 Å². The summed E-state index contributed by atoms with van der Waals surface area (Å²) in [4.78, 5) is 2.22. The molecule has 0 aliphatic carbocycles. The average Bonchev–Trinajstić information content (AvgIpc) is 3.44. The summed E-state index contributed by atoms with van der Waals surface area (Å²) in [7, 11) is -1.31. The number of allylic oxidation sites excluding steroid dienone is 2. The first kappa shape index (κ1) is 20.4. The molecule has 151 valence electrons. The Hall–Kier alpha value is -2.31. The van der Waals surface area contributed by atoms with E-state index in [0.29, 0.717) is 0 Å². The normalized spacial score (nSPS) is 14.2. The van der Waals surface area contributed by atoms with Crippen LogP contribution in [-0.4, -0.2) is 37.1 Å². The Morgan fingerprint density at radius 3 is 1.68 bits per heavy atom. The summed E-state index contributed by atoms with van der Waals surface area (Å²) < 4.78 is 4.44. The lowest BCUT2D eigenvalue weighted by Crippen LogP contribution is -2.52. The van der Waals surface area contributed by atoms with Gasteiger partial charge in [0.2, 0.25) is 0 Å². The maximum Gasteiger partial charge on any atom is 0.375 e. The third-order valence-electron chi connectivity index (χ3n) is 5.72. The van der Waals surface area contributed by atoms with Crippen LogP contribution in [0.25, 0.3) is 0 Å². The van der Waals surface area contributed by atoms with Crippen LogP contribution in [0.4, 0.5) is 0 Å². The third kappa shape index (κ3) is 3.67. The van der Waals surface area contributed by atoms with Crippen LogP contribution in [0, 0.1) is 0 Å². The van der Waals surface area contributed by atoms with Crippen LogP contribution in [0.2, 0.25) is 0 Å². The first-order valence-electron chi connectivity index (χ1n) is 11.0. The lowest BCUT2D eigenvalue weighted by Gasteiger charge is -2.32. The van der Waals surface area contributed by atoms with E-state index in [-0.39, 0.29) is 0 Å². The molecule has 3 rings (SSSR count). The highest BCUT2D eigenvalue weighted by atomic mass is 15.6. The highest BCUT2D eigenvalue weighted by Crippen LogP contribution is 2.20. The Bertz CT molecular complexity index is 825. The van der Waals surface area contributed by atoms with Gasteiger partial charge in [-0.25, -0.2) is 15.1 Å². The van der Waals surface area contributed by atoms with Gasteiger partial charge in [-0.2, -0.15) is 0 Å². The van der Waals surface area contributed by atoms with Gasteiger partial charge in [0.05, 0.1) is 11.4 Å². The molecule has 1 aliphatic rings. The molecule has 0 spiro atoms. The van der Waals surface area contributed by atoms with E-state index in [1.807, 2.05) is 0 Å². The van der Waals surface area contributed by atoms with Gasteiger partial charge in [-0.05, 0) is 55.6 Å². The van der Waals surface area contributed by atoms with Gasteiger partial charge in [-0.3, -0.25) is 0 Å². The molecule has 0 bridgehead atoms. The van der Waals surface area contributed by atoms with Crippen molar-refractivity contribution in [2.24, 2.45) is 0 Å². The third-order valence-corrected chi connectivity index (χ3v) is 5.72. The van der Waals surface area contributed by atoms with E-state index in [2.05, 4.69) is 73.9 Å². The second kappa shape index (κ2) is 8.80. The number of aromatic nitrogens is 4. The molecular formula is C21H34BN6. The molecule has 1 radical (unpaired) electrons. The lowest BCUT2D eigenvalue weighted by atomic mass is 9.90. The van der Waals surface area contributed by atoms with Crippen molar-refractivity contribution in [3.8, 4) is 0 Å². The standard InChI is InChI=1S/C21H34BN6/c1-7-16-13-19(10-4)26(23-16)22(27-20(11-5)14-17(8-2)24-27)28-21(12-6)15-18(9-3)25-28/h13-15,22H,7-12H2,1-6H3. The molecule has 0 atom stereocenters. The van der Waals surface area contributed by atoms with Crippen LogP contribution in [0.5, 0.6) is 0 Å². The lowest BCUT2D eigenvalue weighted by molar-refractivity contribution is 0.462. The van der Waals surface area contributed by atoms with E-state index in [4.69, 9.17) is 15.3 Å². The van der Waals surface area contributed by atoms with Crippen LogP contribution >= 0.6 is 0 Å². The molecule has 0 saturated carbocycles. The Morgan fingerprint density at radius 1 is 0.750 bits per heavy atom. The second-order valence-electron chi connectivity index (χ2n) is 7.43. The average molecular weight is 381 g/mol. The number of hydrazone groups is 1. The molecule has 2 aromatic rings. The second-order valence-corrected chi connectivity index (χ2v) is 7.43. The van der Waals surface area contributed by atoms with Crippen molar-refractivity contribution in [3.63, 3.8) is 0 Å². The summed E-state index contributed by atoms with van der Waals surface area (Å²) in [5, 5.41) is 15.0. The van der Waals surface area contributed by atoms with E-state index in [1.165, 1.54) is 17.1 Å². The maximum absolute atomic E-state index is 5.01. The number of rotatable bonds is 9. The summed E-state index contributed by atoms with van der Waals surface area (Å²) in [5.74, 6) is 0. The summed E-state index contributed by atoms with van der Waals surface area (Å²) in [5.41, 5.74) is 7.16. The van der Waals surface area contributed by atoms with E-state index in [0.717, 1.165) is 55.6 Å². The Morgan fingerprint density at radius 2 is 1.29 bits per heavy atom. The topological polar surface area (TPSA) is 53.0 Å². The highest BCUT2D eigenvalue weighted by Gasteiger charge is 2.35. The van der Waals surface area contributed by atoms with Crippen LogP contribution in [0.1, 0.15) is 77.2 Å². The van der Waals surface area contributed by atoms with E-state index in [9.17, 15) is 0 Å². The first-order chi connectivity index (χ1) is 13.6. The molecule has 0 saturated heterocycles. The summed E-state index contributed by atoms with van der Waals surface area (Å²) in [6.07, 6.45) is 7.89. The molecule has 0 aromatic carbocycles. The van der Waals surface area contributed by atoms with Gasteiger partial charge in [0.1, 0.15) is 5.10 Å². The van der Waals surface area contributed by atoms with E-state index in [1.54, 1.807) is 0 Å². The van der Waals surface area contributed by atoms with Crippen molar-refractivity contribution in [2.45, 2.75) is 80.1 Å². The summed E-state index contributed by atoms with van der Waals surface area (Å²) in [6.45, 7) is 13.1. The van der Waals surface area contributed by atoms with Gasteiger partial charge in [-0.1, -0.05) is 41.5 Å². The number of nitrogens with zero attached hydrogens (tertiary/aromatic N) is 6. The van der Waals surface area contributed by atoms with E-state index >= 15 is 0 Å². The fourth-order valence-electron chi connectivity index (χ4n) is 4.03. The molecule has 7 heteroatoms. The molecule has 0 fully saturated rings. The Balaban J connectivity index is 2.21. The van der Waals surface area contributed by atoms with Crippen molar-refractivity contribution in [2.75, 3.05) is 0 Å². The number of hydrogen-bond acceptors (Lipinski definition) is 4.